The van der Waals surface area contributed by atoms with Crippen LogP contribution in [0, 0.1) is 6.92 Å². The molecule has 0 unspecified atom stereocenters. The molecule has 1 saturated carbocycles. The van der Waals surface area contributed by atoms with Gasteiger partial charge in [-0.05, 0) is 19.8 Å². The van der Waals surface area contributed by atoms with Crippen molar-refractivity contribution in [2.45, 2.75) is 45.1 Å². The molecular formula is C13H22N4O. The van der Waals surface area contributed by atoms with E-state index in [2.05, 4.69) is 14.9 Å². The summed E-state index contributed by atoms with van der Waals surface area (Å²) in [5, 5.41) is 9.27. The third-order valence-electron chi connectivity index (χ3n) is 3.72. The third-order valence-corrected chi connectivity index (χ3v) is 3.72. The van der Waals surface area contributed by atoms with Crippen LogP contribution in [0.5, 0.6) is 0 Å². The van der Waals surface area contributed by atoms with E-state index >= 15 is 0 Å². The van der Waals surface area contributed by atoms with Crippen molar-refractivity contribution in [3.8, 4) is 0 Å². The summed E-state index contributed by atoms with van der Waals surface area (Å²) in [6.07, 6.45) is 7.67. The average Bonchev–Trinajstić information content (AvgIpc) is 2.41. The first-order valence-corrected chi connectivity index (χ1v) is 6.68. The van der Waals surface area contributed by atoms with Crippen LogP contribution >= 0.6 is 0 Å². The summed E-state index contributed by atoms with van der Waals surface area (Å²) in [6.45, 7) is 2.69. The number of nitrogen functional groups attached to an aromatic ring is 1. The van der Waals surface area contributed by atoms with Crippen molar-refractivity contribution >= 4 is 11.6 Å². The highest BCUT2D eigenvalue weighted by Gasteiger charge is 2.23. The number of aromatic nitrogens is 2. The Bertz CT molecular complexity index is 391. The van der Waals surface area contributed by atoms with E-state index in [0.717, 1.165) is 11.4 Å². The first-order valence-electron chi connectivity index (χ1n) is 6.68. The lowest BCUT2D eigenvalue weighted by atomic mass is 9.94. The molecule has 2 rings (SSSR count). The summed E-state index contributed by atoms with van der Waals surface area (Å²) in [5.41, 5.74) is 6.76. The first-order chi connectivity index (χ1) is 8.74. The molecule has 100 valence electrons. The van der Waals surface area contributed by atoms with E-state index in [0.29, 0.717) is 18.4 Å². The Morgan fingerprint density at radius 3 is 2.72 bits per heavy atom. The molecule has 0 spiro atoms. The lowest BCUT2D eigenvalue weighted by Gasteiger charge is -2.35. The molecule has 5 nitrogen and oxygen atoms in total. The molecule has 1 aromatic rings. The van der Waals surface area contributed by atoms with Gasteiger partial charge in [0.25, 0.3) is 0 Å². The van der Waals surface area contributed by atoms with Crippen molar-refractivity contribution in [3.63, 3.8) is 0 Å². The Labute approximate surface area is 108 Å². The minimum absolute atomic E-state index is 0.139. The van der Waals surface area contributed by atoms with Crippen LogP contribution in [0.4, 0.5) is 11.6 Å². The highest BCUT2D eigenvalue weighted by Crippen LogP contribution is 2.28. The number of aliphatic hydroxyl groups is 1. The molecule has 1 aliphatic carbocycles. The molecule has 18 heavy (non-hydrogen) atoms. The lowest BCUT2D eigenvalue weighted by Crippen LogP contribution is -2.40. The smallest absolute Gasteiger partial charge is 0.137 e. The molecule has 1 heterocycles. The third kappa shape index (κ3) is 2.72. The minimum Gasteiger partial charge on any atom is -0.395 e. The molecule has 0 radical (unpaired) electrons. The maximum atomic E-state index is 9.27. The number of hydrogen-bond acceptors (Lipinski definition) is 5. The fourth-order valence-corrected chi connectivity index (χ4v) is 2.71. The van der Waals surface area contributed by atoms with Gasteiger partial charge in [0, 0.05) is 18.2 Å². The molecule has 1 fully saturated rings. The molecule has 0 bridgehead atoms. The molecule has 0 saturated heterocycles. The van der Waals surface area contributed by atoms with Gasteiger partial charge in [0.2, 0.25) is 0 Å². The second kappa shape index (κ2) is 6.00. The Morgan fingerprint density at radius 1 is 1.33 bits per heavy atom. The quantitative estimate of drug-likeness (QED) is 0.847. The van der Waals surface area contributed by atoms with Gasteiger partial charge in [-0.25, -0.2) is 9.97 Å². The van der Waals surface area contributed by atoms with Crippen molar-refractivity contribution in [2.24, 2.45) is 0 Å². The number of aliphatic hydroxyl groups excluding tert-OH is 1. The summed E-state index contributed by atoms with van der Waals surface area (Å²) in [7, 11) is 0. The Kier molecular flexibility index (Phi) is 4.36. The minimum atomic E-state index is 0.139. The summed E-state index contributed by atoms with van der Waals surface area (Å²) in [5.74, 6) is 1.40. The van der Waals surface area contributed by atoms with Crippen LogP contribution in [0.1, 0.15) is 37.7 Å². The van der Waals surface area contributed by atoms with Crippen LogP contribution in [0.25, 0.3) is 0 Å². The highest BCUT2D eigenvalue weighted by molar-refractivity contribution is 5.56. The summed E-state index contributed by atoms with van der Waals surface area (Å²) in [6, 6.07) is 0.471. The van der Waals surface area contributed by atoms with Crippen LogP contribution in [0.15, 0.2) is 6.33 Å². The number of nitrogens with zero attached hydrogens (tertiary/aromatic N) is 3. The van der Waals surface area contributed by atoms with Crippen LogP contribution in [0.3, 0.4) is 0 Å². The fourth-order valence-electron chi connectivity index (χ4n) is 2.71. The molecule has 3 N–H and O–H groups in total. The monoisotopic (exact) mass is 250 g/mol. The average molecular weight is 250 g/mol. The Hall–Kier alpha value is -1.36. The van der Waals surface area contributed by atoms with E-state index in [-0.39, 0.29) is 6.61 Å². The number of hydrogen-bond donors (Lipinski definition) is 2. The predicted octanol–water partition coefficient (Wildman–Crippen LogP) is 1.50. The maximum absolute atomic E-state index is 9.27. The standard InChI is InChI=1S/C13H22N4O/c1-10-12(14)15-9-16-13(10)17(7-8-18)11-5-3-2-4-6-11/h9,11,18H,2-8H2,1H3,(H2,14,15,16). The van der Waals surface area contributed by atoms with Crippen molar-refractivity contribution in [2.75, 3.05) is 23.8 Å². The van der Waals surface area contributed by atoms with E-state index < -0.39 is 0 Å². The van der Waals surface area contributed by atoms with Gasteiger partial charge < -0.3 is 15.7 Å². The lowest BCUT2D eigenvalue weighted by molar-refractivity contribution is 0.289. The van der Waals surface area contributed by atoms with E-state index in [4.69, 9.17) is 5.73 Å². The highest BCUT2D eigenvalue weighted by atomic mass is 16.3. The van der Waals surface area contributed by atoms with Gasteiger partial charge in [0.1, 0.15) is 18.0 Å². The van der Waals surface area contributed by atoms with Crippen LogP contribution in [-0.2, 0) is 0 Å². The van der Waals surface area contributed by atoms with Crippen molar-refractivity contribution in [1.82, 2.24) is 9.97 Å². The van der Waals surface area contributed by atoms with Gasteiger partial charge in [-0.2, -0.15) is 0 Å². The van der Waals surface area contributed by atoms with Crippen molar-refractivity contribution in [3.05, 3.63) is 11.9 Å². The van der Waals surface area contributed by atoms with Crippen molar-refractivity contribution < 1.29 is 5.11 Å². The largest absolute Gasteiger partial charge is 0.395 e. The summed E-state index contributed by atoms with van der Waals surface area (Å²) < 4.78 is 0. The number of nitrogens with two attached hydrogens (primary N) is 1. The molecule has 1 aromatic heterocycles. The molecule has 0 atom stereocenters. The molecule has 0 aliphatic heterocycles. The van der Waals surface area contributed by atoms with Crippen LogP contribution in [0.2, 0.25) is 0 Å². The maximum Gasteiger partial charge on any atom is 0.137 e. The Balaban J connectivity index is 2.25. The number of rotatable bonds is 4. The van der Waals surface area contributed by atoms with Gasteiger partial charge in [-0.15, -0.1) is 0 Å². The SMILES string of the molecule is Cc1c(N)ncnc1N(CCO)C1CCCCC1. The van der Waals surface area contributed by atoms with Gasteiger partial charge in [0.15, 0.2) is 0 Å². The van der Waals surface area contributed by atoms with Crippen LogP contribution < -0.4 is 10.6 Å². The fraction of sp³-hybridized carbons (Fsp3) is 0.692. The zero-order chi connectivity index (χ0) is 13.0. The van der Waals surface area contributed by atoms with Gasteiger partial charge in [-0.3, -0.25) is 0 Å². The van der Waals surface area contributed by atoms with Gasteiger partial charge >= 0.3 is 0 Å². The van der Waals surface area contributed by atoms with Crippen LogP contribution in [-0.4, -0.2) is 34.3 Å². The van der Waals surface area contributed by atoms with E-state index in [1.807, 2.05) is 6.92 Å². The van der Waals surface area contributed by atoms with E-state index in [1.165, 1.54) is 38.4 Å². The van der Waals surface area contributed by atoms with Gasteiger partial charge in [0.05, 0.1) is 6.61 Å². The van der Waals surface area contributed by atoms with Gasteiger partial charge in [-0.1, -0.05) is 19.3 Å². The first kappa shape index (κ1) is 13.1. The topological polar surface area (TPSA) is 75.3 Å². The van der Waals surface area contributed by atoms with E-state index in [1.54, 1.807) is 0 Å². The summed E-state index contributed by atoms with van der Waals surface area (Å²) >= 11 is 0. The summed E-state index contributed by atoms with van der Waals surface area (Å²) in [4.78, 5) is 10.6. The second-order valence-corrected chi connectivity index (χ2v) is 4.92. The zero-order valence-electron chi connectivity index (χ0n) is 11.0. The number of anilines is 2. The molecule has 0 aromatic carbocycles. The Morgan fingerprint density at radius 2 is 2.06 bits per heavy atom. The molecule has 5 heteroatoms. The zero-order valence-corrected chi connectivity index (χ0v) is 11.0. The molecular weight excluding hydrogens is 228 g/mol. The molecule has 1 aliphatic rings. The van der Waals surface area contributed by atoms with Crippen molar-refractivity contribution in [1.29, 1.82) is 0 Å². The molecule has 0 amide bonds. The predicted molar refractivity (Wildman–Crippen MR) is 72.5 cm³/mol. The normalized spacial score (nSPS) is 16.8. The van der Waals surface area contributed by atoms with E-state index in [9.17, 15) is 5.11 Å². The second-order valence-electron chi connectivity index (χ2n) is 4.92.